The number of nitrogens with zero attached hydrogens (tertiary/aromatic N) is 4. The molecular formula is C12H11FN6O5S2. The number of thioether (sulfide) groups is 1. The van der Waals surface area contributed by atoms with E-state index >= 15 is 0 Å². The number of oxime groups is 1. The van der Waals surface area contributed by atoms with Crippen LogP contribution < -0.4 is 11.1 Å². The first kappa shape index (κ1) is 18.1. The van der Waals surface area contributed by atoms with E-state index in [0.717, 1.165) is 16.4 Å². The van der Waals surface area contributed by atoms with Crippen molar-refractivity contribution in [3.05, 3.63) is 17.6 Å². The topological polar surface area (TPSA) is 160 Å². The van der Waals surface area contributed by atoms with Crippen LogP contribution >= 0.6 is 23.3 Å². The van der Waals surface area contributed by atoms with Crippen LogP contribution in [0.3, 0.4) is 0 Å². The van der Waals surface area contributed by atoms with Crippen molar-refractivity contribution < 1.29 is 28.7 Å². The number of hydrogen-bond donors (Lipinski definition) is 3. The lowest BCUT2D eigenvalue weighted by molar-refractivity contribution is -0.150. The molecule has 0 unspecified atom stereocenters. The van der Waals surface area contributed by atoms with E-state index in [1.807, 2.05) is 0 Å². The molecule has 2 atom stereocenters. The predicted molar refractivity (Wildman–Crippen MR) is 88.7 cm³/mol. The van der Waals surface area contributed by atoms with E-state index in [4.69, 9.17) is 10.8 Å². The van der Waals surface area contributed by atoms with Gasteiger partial charge in [0.2, 0.25) is 11.5 Å². The molecule has 3 rings (SSSR count). The Bertz CT molecular complexity index is 827. The summed E-state index contributed by atoms with van der Waals surface area (Å²) in [5.74, 6) is -2.49. The molecule has 1 saturated heterocycles. The summed E-state index contributed by atoms with van der Waals surface area (Å²) in [7, 11) is 0. The average Bonchev–Trinajstić information content (AvgIpc) is 3.05. The van der Waals surface area contributed by atoms with Gasteiger partial charge in [0.05, 0.1) is 0 Å². The van der Waals surface area contributed by atoms with Gasteiger partial charge in [-0.05, 0) is 6.08 Å². The first-order valence-electron chi connectivity index (χ1n) is 6.98. The van der Waals surface area contributed by atoms with Crippen molar-refractivity contribution in [2.45, 2.75) is 11.4 Å². The van der Waals surface area contributed by atoms with E-state index in [1.165, 1.54) is 17.8 Å². The molecule has 1 aromatic heterocycles. The Labute approximate surface area is 153 Å². The summed E-state index contributed by atoms with van der Waals surface area (Å²) in [6.07, 6.45) is 1.42. The summed E-state index contributed by atoms with van der Waals surface area (Å²) in [6, 6.07) is -0.970. The number of alkyl halides is 1. The van der Waals surface area contributed by atoms with Crippen LogP contribution in [0.25, 0.3) is 0 Å². The molecule has 2 amide bonds. The maximum absolute atomic E-state index is 12.4. The molecule has 0 bridgehead atoms. The number of nitrogens with one attached hydrogen (secondary N) is 1. The third kappa shape index (κ3) is 3.20. The number of anilines is 1. The Balaban J connectivity index is 1.76. The highest BCUT2D eigenvalue weighted by atomic mass is 32.2. The Morgan fingerprint density at radius 2 is 2.35 bits per heavy atom. The van der Waals surface area contributed by atoms with Crippen LogP contribution in [0.2, 0.25) is 0 Å². The van der Waals surface area contributed by atoms with Crippen LogP contribution in [0, 0.1) is 0 Å². The van der Waals surface area contributed by atoms with E-state index in [0.29, 0.717) is 5.75 Å². The first-order chi connectivity index (χ1) is 12.4. The molecule has 0 radical (unpaired) electrons. The fourth-order valence-corrected chi connectivity index (χ4v) is 3.98. The molecule has 11 nitrogen and oxygen atoms in total. The molecule has 138 valence electrons. The third-order valence-corrected chi connectivity index (χ3v) is 5.15. The molecule has 2 aliphatic rings. The molecule has 0 spiro atoms. The van der Waals surface area contributed by atoms with Gasteiger partial charge in [-0.3, -0.25) is 14.5 Å². The Kier molecular flexibility index (Phi) is 5.03. The van der Waals surface area contributed by atoms with E-state index in [9.17, 15) is 18.8 Å². The van der Waals surface area contributed by atoms with Crippen molar-refractivity contribution >= 4 is 51.9 Å². The van der Waals surface area contributed by atoms with Crippen LogP contribution in [0.15, 0.2) is 16.9 Å². The van der Waals surface area contributed by atoms with Crippen LogP contribution in [0.5, 0.6) is 0 Å². The van der Waals surface area contributed by atoms with Crippen molar-refractivity contribution in [3.8, 4) is 0 Å². The number of nitrogens with two attached hydrogens (primary N) is 1. The second kappa shape index (κ2) is 7.25. The lowest BCUT2D eigenvalue weighted by atomic mass is 10.0. The molecule has 0 saturated carbocycles. The number of carboxylic acids is 1. The zero-order valence-corrected chi connectivity index (χ0v) is 14.4. The van der Waals surface area contributed by atoms with Crippen LogP contribution in [-0.4, -0.2) is 66.9 Å². The molecule has 3 heterocycles. The smallest absolute Gasteiger partial charge is 0.352 e. The van der Waals surface area contributed by atoms with Gasteiger partial charge in [-0.15, -0.1) is 11.8 Å². The number of β-lactam (4-membered cyclic amide) rings is 1. The van der Waals surface area contributed by atoms with Crippen LogP contribution in [-0.2, 0) is 19.2 Å². The number of carbonyl (C=O) groups excluding carboxylic acids is 2. The molecule has 0 aromatic carbocycles. The summed E-state index contributed by atoms with van der Waals surface area (Å²) in [5.41, 5.74) is 4.88. The van der Waals surface area contributed by atoms with Crippen molar-refractivity contribution in [3.63, 3.8) is 0 Å². The Morgan fingerprint density at radius 3 is 2.96 bits per heavy atom. The summed E-state index contributed by atoms with van der Waals surface area (Å²) in [4.78, 5) is 45.0. The van der Waals surface area contributed by atoms with Gasteiger partial charge in [0.1, 0.15) is 17.1 Å². The van der Waals surface area contributed by atoms with Crippen molar-refractivity contribution in [1.82, 2.24) is 19.6 Å². The standard InChI is InChI=1S/C12H11FN6O5S2/c13-3-24-17-5(7-16-12(14)26-18-7)8(20)15-6-9(21)19-4(11(22)23)1-2-25-10(6)19/h1,6,10H,2-3H2,(H,15,20)(H,22,23)(H2,14,16,18)/t6-,10+/m1/s1. The van der Waals surface area contributed by atoms with Gasteiger partial charge < -0.3 is 21.0 Å². The van der Waals surface area contributed by atoms with Gasteiger partial charge >= 0.3 is 5.97 Å². The highest BCUT2D eigenvalue weighted by Gasteiger charge is 2.53. The number of carbonyl (C=O) groups is 3. The number of aliphatic carboxylic acids is 1. The molecule has 2 aliphatic heterocycles. The number of nitrogen functional groups attached to an aromatic ring is 1. The van der Waals surface area contributed by atoms with E-state index in [1.54, 1.807) is 0 Å². The lowest BCUT2D eigenvalue weighted by Gasteiger charge is -2.48. The SMILES string of the molecule is Nc1nc(C(=NOCF)C(=O)N[C@@H]2C(=O)N3C(C(=O)O)=CCS[C@@H]23)ns1. The monoisotopic (exact) mass is 402 g/mol. The van der Waals surface area contributed by atoms with Crippen LogP contribution in [0.4, 0.5) is 9.52 Å². The zero-order valence-electron chi connectivity index (χ0n) is 12.8. The molecule has 1 aromatic rings. The van der Waals surface area contributed by atoms with Crippen LogP contribution in [0.1, 0.15) is 5.82 Å². The summed E-state index contributed by atoms with van der Waals surface area (Å²) < 4.78 is 16.0. The van der Waals surface area contributed by atoms with E-state index in [2.05, 4.69) is 24.7 Å². The van der Waals surface area contributed by atoms with Gasteiger partial charge in [-0.1, -0.05) is 5.16 Å². The lowest BCUT2D eigenvalue weighted by Crippen LogP contribution is -2.70. The van der Waals surface area contributed by atoms with E-state index in [-0.39, 0.29) is 16.7 Å². The number of rotatable bonds is 6. The molecule has 4 N–H and O–H groups in total. The van der Waals surface area contributed by atoms with Gasteiger partial charge in [0.15, 0.2) is 5.13 Å². The molecule has 26 heavy (non-hydrogen) atoms. The molecule has 1 fully saturated rings. The predicted octanol–water partition coefficient (Wildman–Crippen LogP) is -0.864. The highest BCUT2D eigenvalue weighted by molar-refractivity contribution is 8.00. The minimum absolute atomic E-state index is 0.0608. The summed E-state index contributed by atoms with van der Waals surface area (Å²) in [6.45, 7) is -1.28. The van der Waals surface area contributed by atoms with Crippen molar-refractivity contribution in [1.29, 1.82) is 0 Å². The van der Waals surface area contributed by atoms with Gasteiger partial charge in [0, 0.05) is 17.3 Å². The second-order valence-corrected chi connectivity index (χ2v) is 6.85. The summed E-state index contributed by atoms with van der Waals surface area (Å²) in [5, 5.41) is 14.4. The number of fused-ring (bicyclic) bond motifs is 1. The fraction of sp³-hybridized carbons (Fsp3) is 0.333. The highest BCUT2D eigenvalue weighted by Crippen LogP contribution is 2.37. The Morgan fingerprint density at radius 1 is 1.58 bits per heavy atom. The zero-order chi connectivity index (χ0) is 18.8. The van der Waals surface area contributed by atoms with Gasteiger partial charge in [-0.2, -0.15) is 9.36 Å². The van der Waals surface area contributed by atoms with Gasteiger partial charge in [-0.25, -0.2) is 9.18 Å². The van der Waals surface area contributed by atoms with Crippen molar-refractivity contribution in [2.75, 3.05) is 18.3 Å². The number of halogens is 1. The number of amides is 2. The molecule has 0 aliphatic carbocycles. The van der Waals surface area contributed by atoms with E-state index < -0.39 is 41.8 Å². The maximum Gasteiger partial charge on any atom is 0.352 e. The quantitative estimate of drug-likeness (QED) is 0.312. The normalized spacial score (nSPS) is 22.2. The van der Waals surface area contributed by atoms with Gasteiger partial charge in [0.25, 0.3) is 18.7 Å². The fourth-order valence-electron chi connectivity index (χ4n) is 2.35. The third-order valence-electron chi connectivity index (χ3n) is 3.43. The second-order valence-electron chi connectivity index (χ2n) is 4.91. The Hall–Kier alpha value is -2.74. The summed E-state index contributed by atoms with van der Waals surface area (Å²) >= 11 is 2.09. The molecule has 14 heteroatoms. The largest absolute Gasteiger partial charge is 0.477 e. The van der Waals surface area contributed by atoms with Crippen molar-refractivity contribution in [2.24, 2.45) is 5.16 Å². The minimum atomic E-state index is -1.28. The minimum Gasteiger partial charge on any atom is -0.477 e. The number of aromatic nitrogens is 2. The average molecular weight is 402 g/mol. The number of hydrogen-bond acceptors (Lipinski definition) is 10. The first-order valence-corrected chi connectivity index (χ1v) is 8.80. The number of carboxylic acid groups (broad SMARTS) is 1. The maximum atomic E-state index is 12.4. The molecular weight excluding hydrogens is 391 g/mol.